The summed E-state index contributed by atoms with van der Waals surface area (Å²) in [6.45, 7) is 7.13. The monoisotopic (exact) mass is 540 g/mol. The summed E-state index contributed by atoms with van der Waals surface area (Å²) in [5.41, 5.74) is 2.85. The molecule has 0 aromatic carbocycles. The van der Waals surface area contributed by atoms with Crippen LogP contribution in [0.2, 0.25) is 0 Å². The highest BCUT2D eigenvalue weighted by atomic mass is 127. The van der Waals surface area contributed by atoms with Crippen LogP contribution in [0.4, 0.5) is 0 Å². The van der Waals surface area contributed by atoms with Crippen LogP contribution in [0.5, 0.6) is 0 Å². The molecular formula is C13H31IN7O6S+. The van der Waals surface area contributed by atoms with E-state index in [9.17, 15) is 31.2 Å². The smallest absolute Gasteiger partial charge is 0.224 e. The van der Waals surface area contributed by atoms with Crippen molar-refractivity contribution in [2.75, 3.05) is 6.54 Å². The van der Waals surface area contributed by atoms with Gasteiger partial charge < -0.3 is 15.6 Å². The van der Waals surface area contributed by atoms with Gasteiger partial charge in [0.25, 0.3) is 0 Å². The fourth-order valence-corrected chi connectivity index (χ4v) is 4.79. The quantitative estimate of drug-likeness (QED) is 0.0649. The maximum atomic E-state index is 11.8. The molecule has 10 N–H and O–H groups in total. The predicted molar refractivity (Wildman–Crippen MR) is 107 cm³/mol. The maximum absolute atomic E-state index is 11.8. The molecule has 1 saturated heterocycles. The Labute approximate surface area is 181 Å². The summed E-state index contributed by atoms with van der Waals surface area (Å²) in [4.78, 5) is 2.96. The average Bonchev–Trinajstić information content (AvgIpc) is 3.00. The van der Waals surface area contributed by atoms with Crippen LogP contribution in [0.15, 0.2) is 0 Å². The van der Waals surface area contributed by atoms with Gasteiger partial charge in [-0.1, -0.05) is 48.9 Å². The number of alkyl halides is 1. The van der Waals surface area contributed by atoms with E-state index in [2.05, 4.69) is 59.0 Å². The molecule has 8 unspecified atom stereocenters. The molecule has 2 rings (SSSR count). The van der Waals surface area contributed by atoms with Gasteiger partial charge in [-0.05, 0) is 5.41 Å². The molecule has 1 saturated carbocycles. The number of hydrogen-bond donors (Lipinski definition) is 10. The summed E-state index contributed by atoms with van der Waals surface area (Å²) in [7, 11) is 0. The minimum Gasteiger partial charge on any atom is -0.600 e. The number of hydrogen-bond acceptors (Lipinski definition) is 10. The SMILES string of the molecule is CC(C)(C)C(I)C[NH+]1NNSC1NC1C([NH+]([O-])O)CC([NH+]([O-])O)CC1[NH+]([O-])O. The molecule has 15 heteroatoms. The molecule has 0 aromatic heterocycles. The van der Waals surface area contributed by atoms with E-state index in [0.717, 1.165) is 11.6 Å². The van der Waals surface area contributed by atoms with Crippen molar-refractivity contribution >= 4 is 34.5 Å². The van der Waals surface area contributed by atoms with Gasteiger partial charge in [0.15, 0.2) is 0 Å². The lowest BCUT2D eigenvalue weighted by Crippen LogP contribution is -3.24. The van der Waals surface area contributed by atoms with Crippen LogP contribution < -0.4 is 36.4 Å². The summed E-state index contributed by atoms with van der Waals surface area (Å²) in [6.07, 6.45) is -0.173. The standard InChI is InChI=1S/C13H30IN7O6S/c1-13(2,3)10(14)6-18-12(28-17-16-18)15-11-8(20(24)25)4-7(19(22)23)5-9(11)21(26)27/h7-12,15-17,19-22,24,26H,4-6H2,1-3H3/p+1. The lowest BCUT2D eigenvalue weighted by atomic mass is 9.83. The third-order valence-electron chi connectivity index (χ3n) is 5.32. The molecule has 2 fully saturated rings. The van der Waals surface area contributed by atoms with Gasteiger partial charge >= 0.3 is 0 Å². The molecule has 0 bridgehead atoms. The van der Waals surface area contributed by atoms with Crippen LogP contribution in [0, 0.1) is 21.0 Å². The van der Waals surface area contributed by atoms with E-state index in [1.165, 1.54) is 11.9 Å². The number of rotatable bonds is 7. The van der Waals surface area contributed by atoms with Crippen LogP contribution in [0.3, 0.4) is 0 Å². The minimum atomic E-state index is -1.18. The van der Waals surface area contributed by atoms with Crippen molar-refractivity contribution in [2.45, 2.75) is 67.2 Å². The lowest BCUT2D eigenvalue weighted by molar-refractivity contribution is -1.11. The Kier molecular flexibility index (Phi) is 9.08. The molecule has 0 aromatic rings. The first-order valence-corrected chi connectivity index (χ1v) is 11.1. The van der Waals surface area contributed by atoms with Crippen LogP contribution in [0.25, 0.3) is 0 Å². The van der Waals surface area contributed by atoms with E-state index in [1.807, 2.05) is 0 Å². The molecule has 8 atom stereocenters. The van der Waals surface area contributed by atoms with Crippen molar-refractivity contribution < 1.29 is 36.3 Å². The molecule has 1 aliphatic heterocycles. The van der Waals surface area contributed by atoms with Gasteiger partial charge in [-0.2, -0.15) is 0 Å². The van der Waals surface area contributed by atoms with Crippen LogP contribution >= 0.6 is 34.5 Å². The van der Waals surface area contributed by atoms with E-state index >= 15 is 0 Å². The van der Waals surface area contributed by atoms with Gasteiger partial charge in [0, 0.05) is 11.9 Å². The number of hydrazine groups is 1. The van der Waals surface area contributed by atoms with Crippen LogP contribution in [-0.4, -0.2) is 55.8 Å². The van der Waals surface area contributed by atoms with E-state index in [1.54, 1.807) is 0 Å². The van der Waals surface area contributed by atoms with Crippen molar-refractivity contribution in [2.24, 2.45) is 5.41 Å². The molecule has 1 aliphatic carbocycles. The Bertz CT molecular complexity index is 484. The second kappa shape index (κ2) is 10.2. The van der Waals surface area contributed by atoms with Crippen molar-refractivity contribution in [3.63, 3.8) is 0 Å². The summed E-state index contributed by atoms with van der Waals surface area (Å²) < 4.78 is 0.311. The molecule has 13 nitrogen and oxygen atoms in total. The molecule has 0 amide bonds. The maximum Gasteiger partial charge on any atom is 0.224 e. The van der Waals surface area contributed by atoms with Crippen molar-refractivity contribution in [1.29, 1.82) is 0 Å². The van der Waals surface area contributed by atoms with Gasteiger partial charge in [-0.15, -0.1) is 4.83 Å². The first-order chi connectivity index (χ1) is 12.9. The zero-order chi connectivity index (χ0) is 21.2. The molecule has 0 spiro atoms. The van der Waals surface area contributed by atoms with Crippen molar-refractivity contribution in [1.82, 2.24) is 15.7 Å². The zero-order valence-electron chi connectivity index (χ0n) is 15.9. The van der Waals surface area contributed by atoms with Gasteiger partial charge in [-0.3, -0.25) is 0 Å². The fraction of sp³-hybridized carbons (Fsp3) is 1.00. The summed E-state index contributed by atoms with van der Waals surface area (Å²) in [5, 5.41) is 64.1. The summed E-state index contributed by atoms with van der Waals surface area (Å²) >= 11 is 3.70. The fourth-order valence-electron chi connectivity index (χ4n) is 3.48. The van der Waals surface area contributed by atoms with Crippen molar-refractivity contribution in [3.8, 4) is 0 Å². The normalized spacial score (nSPS) is 38.8. The van der Waals surface area contributed by atoms with Gasteiger partial charge in [0.1, 0.15) is 30.7 Å². The van der Waals surface area contributed by atoms with Crippen molar-refractivity contribution in [3.05, 3.63) is 15.6 Å². The topological polar surface area (TPSA) is 184 Å². The van der Waals surface area contributed by atoms with Gasteiger partial charge in [0.05, 0.1) is 16.8 Å². The Hall–Kier alpha value is 0.560. The Balaban J connectivity index is 2.15. The van der Waals surface area contributed by atoms with E-state index < -0.39 is 39.8 Å². The Morgan fingerprint density at radius 1 is 1.14 bits per heavy atom. The van der Waals surface area contributed by atoms with Gasteiger partial charge in [-0.25, -0.2) is 41.6 Å². The highest BCUT2D eigenvalue weighted by Gasteiger charge is 2.50. The number of hydroxylamine groups is 6. The van der Waals surface area contributed by atoms with E-state index in [4.69, 9.17) is 0 Å². The minimum absolute atomic E-state index is 0.0692. The zero-order valence-corrected chi connectivity index (χ0v) is 18.9. The van der Waals surface area contributed by atoms with Gasteiger partial charge in [0.2, 0.25) is 5.50 Å². The van der Waals surface area contributed by atoms with Crippen LogP contribution in [-0.2, 0) is 0 Å². The third kappa shape index (κ3) is 6.28. The molecule has 28 heavy (non-hydrogen) atoms. The molecule has 2 aliphatic rings. The molecule has 166 valence electrons. The molecule has 1 heterocycles. The first kappa shape index (κ1) is 24.8. The number of nitrogens with one attached hydrogen (secondary N) is 7. The first-order valence-electron chi connectivity index (χ1n) is 9.02. The third-order valence-corrected chi connectivity index (χ3v) is 8.50. The number of halogens is 1. The highest BCUT2D eigenvalue weighted by Crippen LogP contribution is 2.25. The predicted octanol–water partition coefficient (Wildman–Crippen LogP) is -5.15. The summed E-state index contributed by atoms with van der Waals surface area (Å²) in [6, 6.07) is -4.01. The Morgan fingerprint density at radius 2 is 1.68 bits per heavy atom. The average molecular weight is 540 g/mol. The largest absolute Gasteiger partial charge is 0.600 e. The number of quaternary nitrogens is 4. The van der Waals surface area contributed by atoms with Crippen LogP contribution in [0.1, 0.15) is 33.6 Å². The van der Waals surface area contributed by atoms with E-state index in [0.29, 0.717) is 3.92 Å². The highest BCUT2D eigenvalue weighted by molar-refractivity contribution is 14.1. The van der Waals surface area contributed by atoms with E-state index in [-0.39, 0.29) is 23.8 Å². The Morgan fingerprint density at radius 3 is 2.11 bits per heavy atom. The molecule has 0 radical (unpaired) electrons. The lowest BCUT2D eigenvalue weighted by Gasteiger charge is -2.44. The second-order valence-electron chi connectivity index (χ2n) is 8.38. The summed E-state index contributed by atoms with van der Waals surface area (Å²) in [5.74, 6) is 0. The second-order valence-corrected chi connectivity index (χ2v) is 10.8. The molecular weight excluding hydrogens is 509 g/mol.